The predicted molar refractivity (Wildman–Crippen MR) is 95.7 cm³/mol. The number of hydrogen-bond acceptors (Lipinski definition) is 2. The van der Waals surface area contributed by atoms with E-state index in [1.807, 2.05) is 49.4 Å². The summed E-state index contributed by atoms with van der Waals surface area (Å²) in [6, 6.07) is 13.1. The van der Waals surface area contributed by atoms with Gasteiger partial charge in [0.05, 0.1) is 0 Å². The first-order chi connectivity index (χ1) is 11.5. The molecular formula is C19H21N3O2. The van der Waals surface area contributed by atoms with Gasteiger partial charge >= 0.3 is 6.03 Å². The van der Waals surface area contributed by atoms with Crippen molar-refractivity contribution in [2.24, 2.45) is 0 Å². The Morgan fingerprint density at radius 2 is 1.79 bits per heavy atom. The number of rotatable bonds is 2. The van der Waals surface area contributed by atoms with Crippen LogP contribution < -0.4 is 10.2 Å². The number of benzene rings is 2. The van der Waals surface area contributed by atoms with E-state index < -0.39 is 0 Å². The van der Waals surface area contributed by atoms with Gasteiger partial charge in [-0.05, 0) is 43.2 Å². The van der Waals surface area contributed by atoms with E-state index in [1.165, 1.54) is 0 Å². The highest BCUT2D eigenvalue weighted by Gasteiger charge is 2.28. The summed E-state index contributed by atoms with van der Waals surface area (Å²) in [5.74, 6) is -0.0346. The molecule has 0 aliphatic carbocycles. The summed E-state index contributed by atoms with van der Waals surface area (Å²) in [4.78, 5) is 28.2. The number of nitrogens with one attached hydrogen (secondary N) is 1. The minimum Gasteiger partial charge on any atom is -0.345 e. The number of fused-ring (bicyclic) bond motifs is 1. The van der Waals surface area contributed by atoms with Gasteiger partial charge < -0.3 is 10.2 Å². The molecule has 3 amide bonds. The van der Waals surface area contributed by atoms with E-state index in [-0.39, 0.29) is 11.9 Å². The Morgan fingerprint density at radius 1 is 1.08 bits per heavy atom. The van der Waals surface area contributed by atoms with Crippen LogP contribution >= 0.6 is 0 Å². The Bertz CT molecular complexity index is 782. The van der Waals surface area contributed by atoms with Crippen LogP contribution in [0.4, 0.5) is 16.2 Å². The Labute approximate surface area is 141 Å². The molecule has 1 N–H and O–H groups in total. The number of carbonyl (C=O) groups excluding carboxylic acids is 2. The smallest absolute Gasteiger partial charge is 0.326 e. The molecule has 24 heavy (non-hydrogen) atoms. The zero-order chi connectivity index (χ0) is 17.3. The molecule has 124 valence electrons. The number of anilines is 2. The fraction of sp³-hybridized carbons (Fsp3) is 0.263. The normalized spacial score (nSPS) is 12.7. The van der Waals surface area contributed by atoms with Crippen LogP contribution in [0.5, 0.6) is 0 Å². The first-order valence-electron chi connectivity index (χ1n) is 7.96. The van der Waals surface area contributed by atoms with E-state index >= 15 is 0 Å². The Balaban J connectivity index is 1.84. The van der Waals surface area contributed by atoms with Gasteiger partial charge in [-0.25, -0.2) is 4.79 Å². The van der Waals surface area contributed by atoms with Gasteiger partial charge in [0, 0.05) is 37.6 Å². The summed E-state index contributed by atoms with van der Waals surface area (Å²) in [6.45, 7) is 2.58. The van der Waals surface area contributed by atoms with Crippen LogP contribution in [0.1, 0.15) is 21.5 Å². The van der Waals surface area contributed by atoms with Crippen LogP contribution in [0, 0.1) is 6.92 Å². The maximum absolute atomic E-state index is 12.6. The molecule has 0 atom stereocenters. The molecule has 2 aromatic carbocycles. The van der Waals surface area contributed by atoms with E-state index in [0.717, 1.165) is 22.5 Å². The van der Waals surface area contributed by atoms with Crippen molar-refractivity contribution in [3.63, 3.8) is 0 Å². The zero-order valence-corrected chi connectivity index (χ0v) is 14.2. The van der Waals surface area contributed by atoms with Gasteiger partial charge in [-0.15, -0.1) is 0 Å². The summed E-state index contributed by atoms with van der Waals surface area (Å²) < 4.78 is 0. The fourth-order valence-electron chi connectivity index (χ4n) is 2.91. The first kappa shape index (κ1) is 16.1. The molecular weight excluding hydrogens is 302 g/mol. The summed E-state index contributed by atoms with van der Waals surface area (Å²) in [5.41, 5.74) is 4.33. The van der Waals surface area contributed by atoms with Crippen molar-refractivity contribution in [2.45, 2.75) is 13.3 Å². The summed E-state index contributed by atoms with van der Waals surface area (Å²) >= 11 is 0. The Morgan fingerprint density at radius 3 is 2.46 bits per heavy atom. The molecule has 5 heteroatoms. The molecule has 2 aromatic rings. The summed E-state index contributed by atoms with van der Waals surface area (Å²) in [7, 11) is 3.47. The van der Waals surface area contributed by atoms with Crippen molar-refractivity contribution < 1.29 is 9.59 Å². The molecule has 0 saturated carbocycles. The average Bonchev–Trinajstić information content (AvgIpc) is 3.00. The first-order valence-corrected chi connectivity index (χ1v) is 7.96. The number of nitrogens with zero attached hydrogens (tertiary/aromatic N) is 2. The highest BCUT2D eigenvalue weighted by molar-refractivity contribution is 6.05. The number of amides is 3. The van der Waals surface area contributed by atoms with Gasteiger partial charge in [0.15, 0.2) is 0 Å². The lowest BCUT2D eigenvalue weighted by Gasteiger charge is -2.19. The second-order valence-corrected chi connectivity index (χ2v) is 6.20. The Hall–Kier alpha value is -2.82. The van der Waals surface area contributed by atoms with Gasteiger partial charge in [0.25, 0.3) is 5.91 Å². The van der Waals surface area contributed by atoms with Crippen molar-refractivity contribution >= 4 is 23.3 Å². The lowest BCUT2D eigenvalue weighted by atomic mass is 10.0. The zero-order valence-electron chi connectivity index (χ0n) is 14.2. The molecule has 1 aliphatic rings. The molecule has 3 rings (SSSR count). The molecule has 1 heterocycles. The third kappa shape index (κ3) is 2.97. The van der Waals surface area contributed by atoms with Crippen LogP contribution in [0.3, 0.4) is 0 Å². The van der Waals surface area contributed by atoms with Crippen LogP contribution in [0.25, 0.3) is 0 Å². The highest BCUT2D eigenvalue weighted by atomic mass is 16.2. The molecule has 0 radical (unpaired) electrons. The highest BCUT2D eigenvalue weighted by Crippen LogP contribution is 2.31. The summed E-state index contributed by atoms with van der Waals surface area (Å²) in [5, 5.41) is 2.92. The molecule has 0 spiro atoms. The predicted octanol–water partition coefficient (Wildman–Crippen LogP) is 3.29. The van der Waals surface area contributed by atoms with Crippen molar-refractivity contribution in [1.29, 1.82) is 0 Å². The maximum atomic E-state index is 12.6. The minimum atomic E-state index is -0.174. The van der Waals surface area contributed by atoms with Gasteiger partial charge in [0.1, 0.15) is 0 Å². The lowest BCUT2D eigenvalue weighted by Crippen LogP contribution is -2.33. The van der Waals surface area contributed by atoms with E-state index in [2.05, 4.69) is 5.32 Å². The van der Waals surface area contributed by atoms with Crippen molar-refractivity contribution in [2.75, 3.05) is 30.9 Å². The van der Waals surface area contributed by atoms with Crippen LogP contribution in [-0.4, -0.2) is 37.5 Å². The van der Waals surface area contributed by atoms with E-state index in [4.69, 9.17) is 0 Å². The van der Waals surface area contributed by atoms with Crippen LogP contribution in [-0.2, 0) is 6.42 Å². The molecule has 5 nitrogen and oxygen atoms in total. The number of carbonyl (C=O) groups is 2. The molecule has 0 fully saturated rings. The van der Waals surface area contributed by atoms with Gasteiger partial charge in [-0.2, -0.15) is 0 Å². The van der Waals surface area contributed by atoms with Gasteiger partial charge in [-0.3, -0.25) is 9.69 Å². The molecule has 1 aliphatic heterocycles. The standard InChI is InChI=1S/C19H21N3O2/c1-13-7-9-14(10-8-13)20-19(24)22-12-11-15-16(18(23)21(2)3)5-4-6-17(15)22/h4-10H,11-12H2,1-3H3,(H,20,24). The van der Waals surface area contributed by atoms with Crippen molar-refractivity contribution in [1.82, 2.24) is 4.90 Å². The largest absolute Gasteiger partial charge is 0.345 e. The molecule has 0 aromatic heterocycles. The Kier molecular flexibility index (Phi) is 4.25. The fourth-order valence-corrected chi connectivity index (χ4v) is 2.91. The maximum Gasteiger partial charge on any atom is 0.326 e. The van der Waals surface area contributed by atoms with Crippen molar-refractivity contribution in [3.8, 4) is 0 Å². The number of aryl methyl sites for hydroxylation is 1. The number of urea groups is 1. The molecule has 0 saturated heterocycles. The van der Waals surface area contributed by atoms with Gasteiger partial charge in [0.2, 0.25) is 0 Å². The van der Waals surface area contributed by atoms with E-state index in [1.54, 1.807) is 23.9 Å². The third-order valence-electron chi connectivity index (χ3n) is 4.21. The second kappa shape index (κ2) is 6.35. The van der Waals surface area contributed by atoms with Crippen LogP contribution in [0.2, 0.25) is 0 Å². The average molecular weight is 323 g/mol. The van der Waals surface area contributed by atoms with E-state index in [9.17, 15) is 9.59 Å². The molecule has 0 bridgehead atoms. The molecule has 0 unspecified atom stereocenters. The quantitative estimate of drug-likeness (QED) is 0.922. The monoisotopic (exact) mass is 323 g/mol. The van der Waals surface area contributed by atoms with Crippen molar-refractivity contribution in [3.05, 3.63) is 59.2 Å². The topological polar surface area (TPSA) is 52.7 Å². The second-order valence-electron chi connectivity index (χ2n) is 6.20. The SMILES string of the molecule is Cc1ccc(NC(=O)N2CCc3c(C(=O)N(C)C)cccc32)cc1. The van der Waals surface area contributed by atoms with Gasteiger partial charge in [-0.1, -0.05) is 23.8 Å². The van der Waals surface area contributed by atoms with E-state index in [0.29, 0.717) is 18.5 Å². The lowest BCUT2D eigenvalue weighted by molar-refractivity contribution is 0.0826. The number of hydrogen-bond donors (Lipinski definition) is 1. The third-order valence-corrected chi connectivity index (χ3v) is 4.21. The van der Waals surface area contributed by atoms with Crippen LogP contribution in [0.15, 0.2) is 42.5 Å². The minimum absolute atomic E-state index is 0.0346. The summed E-state index contributed by atoms with van der Waals surface area (Å²) in [6.07, 6.45) is 0.687.